The van der Waals surface area contributed by atoms with E-state index in [1.807, 2.05) is 51.1 Å². The highest BCUT2D eigenvalue weighted by atomic mass is 16.6. The molecule has 0 aromatic heterocycles. The highest BCUT2D eigenvalue weighted by Crippen LogP contribution is 2.29. The van der Waals surface area contributed by atoms with E-state index >= 15 is 0 Å². The maximum Gasteiger partial charge on any atom is 0.407 e. The molecule has 1 amide bonds. The van der Waals surface area contributed by atoms with E-state index in [-0.39, 0.29) is 17.9 Å². The molecule has 5 nitrogen and oxygen atoms in total. The molecule has 0 unspecified atom stereocenters. The van der Waals surface area contributed by atoms with Crippen LogP contribution in [-0.4, -0.2) is 23.7 Å². The van der Waals surface area contributed by atoms with Crippen LogP contribution in [0.5, 0.6) is 0 Å². The predicted octanol–water partition coefficient (Wildman–Crippen LogP) is 3.03. The number of ether oxygens (including phenoxy) is 2. The van der Waals surface area contributed by atoms with Gasteiger partial charge in [0.2, 0.25) is 0 Å². The van der Waals surface area contributed by atoms with Gasteiger partial charge in [-0.1, -0.05) is 30.3 Å². The summed E-state index contributed by atoms with van der Waals surface area (Å²) in [7, 11) is 0. The smallest absolute Gasteiger partial charge is 0.407 e. The summed E-state index contributed by atoms with van der Waals surface area (Å²) in [5.41, 5.74) is 0.459. The van der Waals surface area contributed by atoms with E-state index in [1.165, 1.54) is 0 Å². The third kappa shape index (κ3) is 5.06. The van der Waals surface area contributed by atoms with Gasteiger partial charge >= 0.3 is 12.1 Å². The molecule has 1 aliphatic carbocycles. The number of hydrogen-bond donors (Lipinski definition) is 1. The fraction of sp³-hybridized carbons (Fsp3) is 0.529. The van der Waals surface area contributed by atoms with E-state index in [4.69, 9.17) is 9.47 Å². The number of amides is 1. The van der Waals surface area contributed by atoms with Crippen molar-refractivity contribution in [1.29, 1.82) is 0 Å². The van der Waals surface area contributed by atoms with Crippen LogP contribution in [-0.2, 0) is 20.9 Å². The largest absolute Gasteiger partial charge is 0.461 e. The molecule has 1 fully saturated rings. The number of benzene rings is 1. The van der Waals surface area contributed by atoms with Crippen LogP contribution in [0.15, 0.2) is 30.3 Å². The van der Waals surface area contributed by atoms with Crippen molar-refractivity contribution in [2.75, 3.05) is 0 Å². The molecular formula is C17H23NO4. The Hall–Kier alpha value is -2.04. The number of carbonyl (C=O) groups is 2. The first kappa shape index (κ1) is 16.3. The first-order chi connectivity index (χ1) is 10.3. The average molecular weight is 305 g/mol. The SMILES string of the molecule is CC(C)(C)OC(=O)NC1CC(C(=O)OCc2ccccc2)C1. The molecule has 2 rings (SSSR count). The lowest BCUT2D eigenvalue weighted by molar-refractivity contribution is -0.153. The molecule has 22 heavy (non-hydrogen) atoms. The summed E-state index contributed by atoms with van der Waals surface area (Å²) < 4.78 is 10.5. The van der Waals surface area contributed by atoms with Crippen molar-refractivity contribution in [1.82, 2.24) is 5.32 Å². The fourth-order valence-corrected chi connectivity index (χ4v) is 2.25. The van der Waals surface area contributed by atoms with Gasteiger partial charge in [-0.15, -0.1) is 0 Å². The van der Waals surface area contributed by atoms with Crippen molar-refractivity contribution in [3.63, 3.8) is 0 Å². The average Bonchev–Trinajstić information content (AvgIpc) is 2.39. The minimum absolute atomic E-state index is 0.0101. The third-order valence-corrected chi connectivity index (χ3v) is 3.42. The molecule has 0 bridgehead atoms. The minimum atomic E-state index is -0.512. The van der Waals surface area contributed by atoms with Gasteiger partial charge < -0.3 is 14.8 Å². The summed E-state index contributed by atoms with van der Waals surface area (Å²) in [6.45, 7) is 5.74. The maximum absolute atomic E-state index is 11.9. The van der Waals surface area contributed by atoms with Gasteiger partial charge in [0.05, 0.1) is 5.92 Å². The number of rotatable bonds is 4. The summed E-state index contributed by atoms with van der Waals surface area (Å²) in [5.74, 6) is -0.338. The quantitative estimate of drug-likeness (QED) is 0.868. The van der Waals surface area contributed by atoms with Crippen LogP contribution in [0, 0.1) is 5.92 Å². The highest BCUT2D eigenvalue weighted by Gasteiger charge is 2.37. The van der Waals surface area contributed by atoms with Crippen LogP contribution < -0.4 is 5.32 Å². The van der Waals surface area contributed by atoms with Gasteiger partial charge in [0, 0.05) is 6.04 Å². The number of alkyl carbamates (subject to hydrolysis) is 1. The van der Waals surface area contributed by atoms with E-state index in [0.717, 1.165) is 5.56 Å². The Bertz CT molecular complexity index is 515. The molecule has 5 heteroatoms. The van der Waals surface area contributed by atoms with Crippen LogP contribution in [0.25, 0.3) is 0 Å². The molecule has 0 heterocycles. The minimum Gasteiger partial charge on any atom is -0.461 e. The number of carbonyl (C=O) groups excluding carboxylic acids is 2. The van der Waals surface area contributed by atoms with Crippen LogP contribution in [0.1, 0.15) is 39.2 Å². The lowest BCUT2D eigenvalue weighted by Crippen LogP contribution is -2.48. The second-order valence-electron chi connectivity index (χ2n) is 6.60. The van der Waals surface area contributed by atoms with E-state index in [0.29, 0.717) is 19.4 Å². The van der Waals surface area contributed by atoms with Gasteiger partial charge in [-0.2, -0.15) is 0 Å². The zero-order chi connectivity index (χ0) is 16.2. The summed E-state index contributed by atoms with van der Waals surface area (Å²) in [6.07, 6.45) is 0.772. The van der Waals surface area contributed by atoms with Crippen molar-refractivity contribution in [3.05, 3.63) is 35.9 Å². The Kier molecular flexibility index (Phi) is 5.06. The topological polar surface area (TPSA) is 64.6 Å². The molecule has 1 aromatic carbocycles. The van der Waals surface area contributed by atoms with Crippen LogP contribution in [0.4, 0.5) is 4.79 Å². The lowest BCUT2D eigenvalue weighted by atomic mass is 9.80. The third-order valence-electron chi connectivity index (χ3n) is 3.42. The Balaban J connectivity index is 1.66. The van der Waals surface area contributed by atoms with Crippen molar-refractivity contribution >= 4 is 12.1 Å². The Morgan fingerprint density at radius 1 is 1.18 bits per heavy atom. The van der Waals surface area contributed by atoms with Gasteiger partial charge in [0.15, 0.2) is 0 Å². The highest BCUT2D eigenvalue weighted by molar-refractivity contribution is 5.74. The van der Waals surface area contributed by atoms with Crippen molar-refractivity contribution in [2.24, 2.45) is 5.92 Å². The molecule has 1 N–H and O–H groups in total. The second kappa shape index (κ2) is 6.81. The molecule has 0 radical (unpaired) electrons. The van der Waals surface area contributed by atoms with Gasteiger partial charge in [0.25, 0.3) is 0 Å². The summed E-state index contributed by atoms with van der Waals surface area (Å²) >= 11 is 0. The van der Waals surface area contributed by atoms with Crippen molar-refractivity contribution in [2.45, 2.75) is 51.9 Å². The zero-order valence-electron chi connectivity index (χ0n) is 13.3. The van der Waals surface area contributed by atoms with E-state index in [1.54, 1.807) is 0 Å². The number of nitrogens with one attached hydrogen (secondary N) is 1. The summed E-state index contributed by atoms with van der Waals surface area (Å²) in [4.78, 5) is 23.5. The zero-order valence-corrected chi connectivity index (χ0v) is 13.3. The molecular weight excluding hydrogens is 282 g/mol. The standard InChI is InChI=1S/C17H23NO4/c1-17(2,3)22-16(20)18-14-9-13(10-14)15(19)21-11-12-7-5-4-6-8-12/h4-8,13-14H,9-11H2,1-3H3,(H,18,20). The maximum atomic E-state index is 11.9. The Morgan fingerprint density at radius 3 is 2.41 bits per heavy atom. The summed E-state index contributed by atoms with van der Waals surface area (Å²) in [5, 5.41) is 2.76. The summed E-state index contributed by atoms with van der Waals surface area (Å²) in [6, 6.07) is 9.57. The molecule has 0 saturated heterocycles. The van der Waals surface area contributed by atoms with Crippen LogP contribution in [0.2, 0.25) is 0 Å². The number of esters is 1. The van der Waals surface area contributed by atoms with Gasteiger partial charge in [0.1, 0.15) is 12.2 Å². The van der Waals surface area contributed by atoms with Crippen LogP contribution >= 0.6 is 0 Å². The molecule has 120 valence electrons. The van der Waals surface area contributed by atoms with E-state index in [2.05, 4.69) is 5.32 Å². The predicted molar refractivity (Wildman–Crippen MR) is 82.1 cm³/mol. The molecule has 0 spiro atoms. The second-order valence-corrected chi connectivity index (χ2v) is 6.60. The number of hydrogen-bond acceptors (Lipinski definition) is 4. The Labute approximate surface area is 131 Å². The van der Waals surface area contributed by atoms with Crippen molar-refractivity contribution in [3.8, 4) is 0 Å². The molecule has 0 aliphatic heterocycles. The molecule has 1 aromatic rings. The lowest BCUT2D eigenvalue weighted by Gasteiger charge is -2.34. The monoisotopic (exact) mass is 305 g/mol. The van der Waals surface area contributed by atoms with Gasteiger partial charge in [-0.3, -0.25) is 4.79 Å². The fourth-order valence-electron chi connectivity index (χ4n) is 2.25. The van der Waals surface area contributed by atoms with E-state index < -0.39 is 11.7 Å². The van der Waals surface area contributed by atoms with E-state index in [9.17, 15) is 9.59 Å². The normalized spacial score (nSPS) is 20.7. The first-order valence-electron chi connectivity index (χ1n) is 7.53. The molecule has 0 atom stereocenters. The van der Waals surface area contributed by atoms with Gasteiger partial charge in [-0.25, -0.2) is 4.79 Å². The Morgan fingerprint density at radius 2 is 1.82 bits per heavy atom. The molecule has 1 saturated carbocycles. The van der Waals surface area contributed by atoms with Crippen LogP contribution in [0.3, 0.4) is 0 Å². The van der Waals surface area contributed by atoms with Crippen molar-refractivity contribution < 1.29 is 19.1 Å². The first-order valence-corrected chi connectivity index (χ1v) is 7.53. The molecule has 1 aliphatic rings. The van der Waals surface area contributed by atoms with Gasteiger partial charge in [-0.05, 0) is 39.2 Å².